The third-order valence-corrected chi connectivity index (χ3v) is 3.38. The van der Waals surface area contributed by atoms with Gasteiger partial charge in [-0.1, -0.05) is 23.7 Å². The van der Waals surface area contributed by atoms with E-state index in [0.717, 1.165) is 0 Å². The molecule has 114 valence electrons. The van der Waals surface area contributed by atoms with E-state index in [1.54, 1.807) is 30.3 Å². The Labute approximate surface area is 140 Å². The van der Waals surface area contributed by atoms with E-state index in [9.17, 15) is 9.18 Å². The lowest BCUT2D eigenvalue weighted by molar-refractivity contribution is -0.123. The van der Waals surface area contributed by atoms with E-state index >= 15 is 0 Å². The van der Waals surface area contributed by atoms with Gasteiger partial charge in [0.05, 0.1) is 10.7 Å². The van der Waals surface area contributed by atoms with E-state index in [0.29, 0.717) is 20.8 Å². The van der Waals surface area contributed by atoms with Crippen molar-refractivity contribution in [1.82, 2.24) is 5.43 Å². The largest absolute Gasteiger partial charge is 0.483 e. The molecule has 1 amide bonds. The zero-order chi connectivity index (χ0) is 15.9. The van der Waals surface area contributed by atoms with Gasteiger partial charge in [0.25, 0.3) is 5.91 Å². The third kappa shape index (κ3) is 5.13. The number of hydrazone groups is 1. The first kappa shape index (κ1) is 16.5. The summed E-state index contributed by atoms with van der Waals surface area (Å²) in [7, 11) is 0. The van der Waals surface area contributed by atoms with Crippen LogP contribution >= 0.6 is 27.5 Å². The highest BCUT2D eigenvalue weighted by Gasteiger charge is 2.05. The summed E-state index contributed by atoms with van der Waals surface area (Å²) in [6.07, 6.45) is 1.41. The zero-order valence-corrected chi connectivity index (χ0v) is 13.6. The predicted octanol–water partition coefficient (Wildman–Crippen LogP) is 3.77. The van der Waals surface area contributed by atoms with Crippen molar-refractivity contribution in [2.75, 3.05) is 6.61 Å². The maximum atomic E-state index is 12.7. The average molecular weight is 386 g/mol. The molecule has 22 heavy (non-hydrogen) atoms. The van der Waals surface area contributed by atoms with Crippen LogP contribution in [0.3, 0.4) is 0 Å². The zero-order valence-electron chi connectivity index (χ0n) is 11.2. The van der Waals surface area contributed by atoms with Crippen LogP contribution in [0.2, 0.25) is 5.02 Å². The van der Waals surface area contributed by atoms with Crippen LogP contribution in [0.4, 0.5) is 4.39 Å². The topological polar surface area (TPSA) is 50.7 Å². The maximum absolute atomic E-state index is 12.7. The van der Waals surface area contributed by atoms with Gasteiger partial charge in [0.15, 0.2) is 6.61 Å². The minimum atomic E-state index is -0.416. The Balaban J connectivity index is 1.81. The molecular formula is C15H11BrClFN2O2. The SMILES string of the molecule is O=C(COc1ccc(Cl)cc1Br)NN=Cc1ccc(F)cc1. The molecule has 0 bridgehead atoms. The predicted molar refractivity (Wildman–Crippen MR) is 86.8 cm³/mol. The molecule has 0 aliphatic heterocycles. The molecule has 0 spiro atoms. The van der Waals surface area contributed by atoms with Gasteiger partial charge in [0, 0.05) is 5.02 Å². The summed E-state index contributed by atoms with van der Waals surface area (Å²) in [6.45, 7) is -0.193. The number of halogens is 3. The Hall–Kier alpha value is -1.92. The molecule has 0 saturated carbocycles. The standard InChI is InChI=1S/C15H11BrClFN2O2/c16-13-7-11(17)3-6-14(13)22-9-15(21)20-19-8-10-1-4-12(18)5-2-10/h1-8H,9H2,(H,20,21). The van der Waals surface area contributed by atoms with Crippen LogP contribution in [-0.4, -0.2) is 18.7 Å². The minimum Gasteiger partial charge on any atom is -0.483 e. The normalized spacial score (nSPS) is 10.7. The summed E-state index contributed by atoms with van der Waals surface area (Å²) < 4.78 is 18.7. The number of benzene rings is 2. The Morgan fingerprint density at radius 2 is 2.05 bits per heavy atom. The van der Waals surface area contributed by atoms with Crippen molar-refractivity contribution in [2.45, 2.75) is 0 Å². The molecule has 0 saturated heterocycles. The second-order valence-electron chi connectivity index (χ2n) is 4.21. The van der Waals surface area contributed by atoms with Crippen molar-refractivity contribution in [3.8, 4) is 5.75 Å². The van der Waals surface area contributed by atoms with Gasteiger partial charge in [-0.2, -0.15) is 5.10 Å². The van der Waals surface area contributed by atoms with Gasteiger partial charge in [-0.3, -0.25) is 4.79 Å². The number of nitrogens with one attached hydrogen (secondary N) is 1. The Morgan fingerprint density at radius 1 is 1.32 bits per heavy atom. The molecule has 7 heteroatoms. The number of hydrogen-bond acceptors (Lipinski definition) is 3. The number of nitrogens with zero attached hydrogens (tertiary/aromatic N) is 1. The number of ether oxygens (including phenoxy) is 1. The molecule has 0 heterocycles. The van der Waals surface area contributed by atoms with E-state index < -0.39 is 5.91 Å². The Morgan fingerprint density at radius 3 is 2.73 bits per heavy atom. The van der Waals surface area contributed by atoms with Crippen molar-refractivity contribution < 1.29 is 13.9 Å². The fourth-order valence-corrected chi connectivity index (χ4v) is 2.29. The van der Waals surface area contributed by atoms with E-state index in [4.69, 9.17) is 16.3 Å². The quantitative estimate of drug-likeness (QED) is 0.629. The van der Waals surface area contributed by atoms with E-state index in [1.807, 2.05) is 0 Å². The van der Waals surface area contributed by atoms with Crippen molar-refractivity contribution in [1.29, 1.82) is 0 Å². The van der Waals surface area contributed by atoms with Gasteiger partial charge in [0.2, 0.25) is 0 Å². The van der Waals surface area contributed by atoms with Crippen molar-refractivity contribution in [2.24, 2.45) is 5.10 Å². The van der Waals surface area contributed by atoms with Crippen molar-refractivity contribution in [3.05, 3.63) is 63.3 Å². The molecule has 0 aliphatic rings. The molecule has 0 radical (unpaired) electrons. The summed E-state index contributed by atoms with van der Waals surface area (Å²) in [5.41, 5.74) is 2.99. The van der Waals surface area contributed by atoms with Gasteiger partial charge in [-0.15, -0.1) is 0 Å². The average Bonchev–Trinajstić information content (AvgIpc) is 2.48. The molecule has 0 unspecified atom stereocenters. The van der Waals surface area contributed by atoms with Crippen LogP contribution in [0.15, 0.2) is 52.0 Å². The molecule has 0 aromatic heterocycles. The first-order chi connectivity index (χ1) is 10.5. The van der Waals surface area contributed by atoms with E-state index in [1.165, 1.54) is 18.3 Å². The number of carbonyl (C=O) groups is 1. The van der Waals surface area contributed by atoms with Gasteiger partial charge in [-0.25, -0.2) is 9.82 Å². The Kier molecular flexibility index (Phi) is 5.91. The smallest absolute Gasteiger partial charge is 0.277 e. The van der Waals surface area contributed by atoms with Crippen molar-refractivity contribution in [3.63, 3.8) is 0 Å². The van der Waals surface area contributed by atoms with Crippen LogP contribution in [0.1, 0.15) is 5.56 Å². The second kappa shape index (κ2) is 7.91. The summed E-state index contributed by atoms with van der Waals surface area (Å²) in [6, 6.07) is 10.7. The van der Waals surface area contributed by atoms with Gasteiger partial charge >= 0.3 is 0 Å². The summed E-state index contributed by atoms with van der Waals surface area (Å²) >= 11 is 9.09. The first-order valence-corrected chi connectivity index (χ1v) is 7.37. The fraction of sp³-hybridized carbons (Fsp3) is 0.0667. The number of carbonyl (C=O) groups excluding carboxylic acids is 1. The van der Waals surface area contributed by atoms with Gasteiger partial charge in [0.1, 0.15) is 11.6 Å². The van der Waals surface area contributed by atoms with Crippen LogP contribution in [0.25, 0.3) is 0 Å². The van der Waals surface area contributed by atoms with E-state index in [-0.39, 0.29) is 12.4 Å². The molecule has 2 rings (SSSR count). The minimum absolute atomic E-state index is 0.193. The van der Waals surface area contributed by atoms with Gasteiger partial charge < -0.3 is 4.74 Å². The lowest BCUT2D eigenvalue weighted by Crippen LogP contribution is -2.24. The molecule has 0 atom stereocenters. The number of hydrogen-bond donors (Lipinski definition) is 1. The lowest BCUT2D eigenvalue weighted by atomic mass is 10.2. The molecule has 2 aromatic rings. The lowest BCUT2D eigenvalue weighted by Gasteiger charge is -2.07. The molecule has 4 nitrogen and oxygen atoms in total. The highest BCUT2D eigenvalue weighted by atomic mass is 79.9. The third-order valence-electron chi connectivity index (χ3n) is 2.53. The highest BCUT2D eigenvalue weighted by molar-refractivity contribution is 9.10. The van der Waals surface area contributed by atoms with Crippen LogP contribution < -0.4 is 10.2 Å². The molecular weight excluding hydrogens is 375 g/mol. The summed E-state index contributed by atoms with van der Waals surface area (Å²) in [4.78, 5) is 11.6. The first-order valence-electron chi connectivity index (χ1n) is 6.20. The highest BCUT2D eigenvalue weighted by Crippen LogP contribution is 2.27. The molecule has 2 aromatic carbocycles. The van der Waals surface area contributed by atoms with Gasteiger partial charge in [-0.05, 0) is 51.8 Å². The monoisotopic (exact) mass is 384 g/mol. The molecule has 0 aliphatic carbocycles. The number of amides is 1. The molecule has 0 fully saturated rings. The summed E-state index contributed by atoms with van der Waals surface area (Å²) in [5, 5.41) is 4.32. The van der Waals surface area contributed by atoms with Crippen LogP contribution in [0, 0.1) is 5.82 Å². The second-order valence-corrected chi connectivity index (χ2v) is 5.50. The van der Waals surface area contributed by atoms with Crippen LogP contribution in [0.5, 0.6) is 5.75 Å². The molecule has 1 N–H and O–H groups in total. The van der Waals surface area contributed by atoms with Crippen LogP contribution in [-0.2, 0) is 4.79 Å². The van der Waals surface area contributed by atoms with Crippen molar-refractivity contribution >= 4 is 39.7 Å². The number of rotatable bonds is 5. The summed E-state index contributed by atoms with van der Waals surface area (Å²) in [5.74, 6) is -0.245. The fourth-order valence-electron chi connectivity index (χ4n) is 1.50. The Bertz CT molecular complexity index is 692. The maximum Gasteiger partial charge on any atom is 0.277 e. The van der Waals surface area contributed by atoms with E-state index in [2.05, 4.69) is 26.5 Å².